The van der Waals surface area contributed by atoms with Crippen molar-refractivity contribution in [2.75, 3.05) is 5.32 Å². The number of halogens is 2. The van der Waals surface area contributed by atoms with Crippen LogP contribution in [-0.2, 0) is 13.1 Å². The highest BCUT2D eigenvalue weighted by Crippen LogP contribution is 2.20. The molecule has 0 aliphatic heterocycles. The third-order valence-corrected chi connectivity index (χ3v) is 4.26. The second kappa shape index (κ2) is 7.65. The number of hydrogen-bond acceptors (Lipinski definition) is 5. The van der Waals surface area contributed by atoms with Crippen molar-refractivity contribution >= 4 is 23.5 Å². The van der Waals surface area contributed by atoms with Gasteiger partial charge in [-0.1, -0.05) is 17.7 Å². The van der Waals surface area contributed by atoms with Crippen molar-refractivity contribution < 1.29 is 13.6 Å². The number of hydrogen-bond donors (Lipinski definition) is 1. The van der Waals surface area contributed by atoms with E-state index in [0.29, 0.717) is 22.9 Å². The fourth-order valence-electron chi connectivity index (χ4n) is 2.58. The number of anilines is 1. The molecule has 0 unspecified atom stereocenters. The molecule has 1 amide bonds. The van der Waals surface area contributed by atoms with Crippen LogP contribution < -0.4 is 5.32 Å². The van der Waals surface area contributed by atoms with Crippen LogP contribution >= 0.6 is 11.6 Å². The molecule has 142 valence electrons. The molecule has 3 heterocycles. The Kier molecular flexibility index (Phi) is 4.90. The highest BCUT2D eigenvalue weighted by Gasteiger charge is 2.15. The van der Waals surface area contributed by atoms with Gasteiger partial charge in [-0.3, -0.25) is 14.8 Å². The van der Waals surface area contributed by atoms with E-state index >= 15 is 0 Å². The van der Waals surface area contributed by atoms with Crippen molar-refractivity contribution in [3.05, 3.63) is 83.0 Å². The zero-order valence-electron chi connectivity index (χ0n) is 14.4. The van der Waals surface area contributed by atoms with E-state index in [1.54, 1.807) is 41.3 Å². The molecule has 4 rings (SSSR count). The van der Waals surface area contributed by atoms with Crippen LogP contribution in [0.1, 0.15) is 21.9 Å². The first kappa shape index (κ1) is 17.9. The van der Waals surface area contributed by atoms with Gasteiger partial charge >= 0.3 is 0 Å². The molecule has 0 spiro atoms. The van der Waals surface area contributed by atoms with Gasteiger partial charge in [-0.15, -0.1) is 5.10 Å². The molecule has 0 radical (unpaired) electrons. The van der Waals surface area contributed by atoms with Gasteiger partial charge < -0.3 is 4.42 Å². The van der Waals surface area contributed by atoms with Crippen molar-refractivity contribution in [1.82, 2.24) is 24.5 Å². The lowest BCUT2D eigenvalue weighted by atomic mass is 10.2. The molecule has 0 aliphatic carbocycles. The van der Waals surface area contributed by atoms with E-state index in [-0.39, 0.29) is 18.3 Å². The summed E-state index contributed by atoms with van der Waals surface area (Å²) in [5, 5.41) is 11.0. The van der Waals surface area contributed by atoms with E-state index in [2.05, 4.69) is 20.5 Å². The van der Waals surface area contributed by atoms with E-state index in [1.807, 2.05) is 0 Å². The first-order chi connectivity index (χ1) is 13.6. The summed E-state index contributed by atoms with van der Waals surface area (Å²) >= 11 is 6.01. The lowest BCUT2D eigenvalue weighted by Gasteiger charge is -2.05. The van der Waals surface area contributed by atoms with Gasteiger partial charge in [-0.05, 0) is 30.3 Å². The molecule has 1 aromatic carbocycles. The molecule has 0 saturated carbocycles. The fourth-order valence-corrected chi connectivity index (χ4v) is 2.80. The molecule has 0 aliphatic rings. The number of carbonyl (C=O) groups excluding carboxylic acids is 1. The number of carbonyl (C=O) groups is 1. The predicted molar refractivity (Wildman–Crippen MR) is 98.5 cm³/mol. The fraction of sp³-hybridized carbons (Fsp3) is 0.111. The number of rotatable bonds is 6. The number of furan rings is 1. The Labute approximate surface area is 163 Å². The molecule has 10 heteroatoms. The second-order valence-electron chi connectivity index (χ2n) is 5.89. The second-order valence-corrected chi connectivity index (χ2v) is 6.30. The minimum absolute atomic E-state index is 0.0717. The molecule has 8 nitrogen and oxygen atoms in total. The summed E-state index contributed by atoms with van der Waals surface area (Å²) in [5.74, 6) is -0.151. The van der Waals surface area contributed by atoms with Gasteiger partial charge in [0.2, 0.25) is 5.95 Å². The van der Waals surface area contributed by atoms with Crippen molar-refractivity contribution in [2.24, 2.45) is 0 Å². The van der Waals surface area contributed by atoms with Crippen molar-refractivity contribution in [3.8, 4) is 0 Å². The third kappa shape index (κ3) is 3.94. The summed E-state index contributed by atoms with van der Waals surface area (Å²) in [4.78, 5) is 16.3. The van der Waals surface area contributed by atoms with Gasteiger partial charge in [0, 0.05) is 23.0 Å². The highest BCUT2D eigenvalue weighted by atomic mass is 35.5. The lowest BCUT2D eigenvalue weighted by molar-refractivity contribution is 0.0993. The lowest BCUT2D eigenvalue weighted by Crippen LogP contribution is -2.13. The van der Waals surface area contributed by atoms with E-state index in [1.165, 1.54) is 23.1 Å². The predicted octanol–water partition coefficient (Wildman–Crippen LogP) is 3.21. The van der Waals surface area contributed by atoms with E-state index < -0.39 is 11.7 Å². The van der Waals surface area contributed by atoms with Crippen LogP contribution in [0.4, 0.5) is 10.3 Å². The summed E-state index contributed by atoms with van der Waals surface area (Å²) in [6, 6.07) is 9.49. The van der Waals surface area contributed by atoms with Crippen LogP contribution in [0.5, 0.6) is 0 Å². The van der Waals surface area contributed by atoms with E-state index in [9.17, 15) is 9.18 Å². The minimum atomic E-state index is -0.492. The van der Waals surface area contributed by atoms with Crippen molar-refractivity contribution in [1.29, 1.82) is 0 Å². The Bertz CT molecular complexity index is 1080. The summed E-state index contributed by atoms with van der Waals surface area (Å²) in [6.45, 7) is 0.500. The SMILES string of the molecule is O=C(Nc1ncn(Cc2c(F)cccc2Cl)n1)c1ccc(Cn2cccn2)o1. The topological polar surface area (TPSA) is 90.8 Å². The molecule has 0 saturated heterocycles. The summed E-state index contributed by atoms with van der Waals surface area (Å²) in [7, 11) is 0. The molecule has 0 bridgehead atoms. The minimum Gasteiger partial charge on any atom is -0.454 e. The third-order valence-electron chi connectivity index (χ3n) is 3.91. The number of nitrogens with zero attached hydrogens (tertiary/aromatic N) is 5. The first-order valence-corrected chi connectivity index (χ1v) is 8.66. The van der Waals surface area contributed by atoms with Crippen LogP contribution in [0.2, 0.25) is 5.02 Å². The Hall–Kier alpha value is -3.46. The first-order valence-electron chi connectivity index (χ1n) is 8.28. The maximum atomic E-state index is 13.9. The highest BCUT2D eigenvalue weighted by molar-refractivity contribution is 6.31. The average Bonchev–Trinajstić information content (AvgIpc) is 3.41. The molecule has 28 heavy (non-hydrogen) atoms. The zero-order chi connectivity index (χ0) is 19.5. The van der Waals surface area contributed by atoms with Crippen molar-refractivity contribution in [2.45, 2.75) is 13.1 Å². The molecule has 1 N–H and O–H groups in total. The van der Waals surface area contributed by atoms with Crippen LogP contribution in [0, 0.1) is 5.82 Å². The Morgan fingerprint density at radius 1 is 1.18 bits per heavy atom. The largest absolute Gasteiger partial charge is 0.454 e. The number of benzene rings is 1. The molecular weight excluding hydrogens is 387 g/mol. The molecule has 0 fully saturated rings. The molecule has 4 aromatic rings. The van der Waals surface area contributed by atoms with Gasteiger partial charge in [0.25, 0.3) is 5.91 Å². The van der Waals surface area contributed by atoms with Crippen molar-refractivity contribution in [3.63, 3.8) is 0 Å². The summed E-state index contributed by atoms with van der Waals surface area (Å²) in [6.07, 6.45) is 4.83. The van der Waals surface area contributed by atoms with Crippen LogP contribution in [0.25, 0.3) is 0 Å². The number of nitrogens with one attached hydrogen (secondary N) is 1. The van der Waals surface area contributed by atoms with Gasteiger partial charge in [0.15, 0.2) is 5.76 Å². The molecule has 0 atom stereocenters. The smallest absolute Gasteiger partial charge is 0.293 e. The normalized spacial score (nSPS) is 10.9. The van der Waals surface area contributed by atoms with Gasteiger partial charge in [0.05, 0.1) is 13.1 Å². The quantitative estimate of drug-likeness (QED) is 0.536. The average molecular weight is 401 g/mol. The van der Waals surface area contributed by atoms with Crippen LogP contribution in [0.15, 0.2) is 59.5 Å². The Balaban J connectivity index is 1.41. The number of aromatic nitrogens is 5. The monoisotopic (exact) mass is 400 g/mol. The summed E-state index contributed by atoms with van der Waals surface area (Å²) < 4.78 is 22.5. The van der Waals surface area contributed by atoms with E-state index in [0.717, 1.165) is 0 Å². The van der Waals surface area contributed by atoms with Gasteiger partial charge in [-0.2, -0.15) is 5.10 Å². The standard InChI is InChI=1S/C18H14ClFN6O2/c19-14-3-1-4-15(20)13(14)10-26-11-21-18(24-26)23-17(27)16-6-5-12(28-16)9-25-8-2-7-22-25/h1-8,11H,9-10H2,(H,23,24,27). The molecular formula is C18H14ClFN6O2. The van der Waals surface area contributed by atoms with Crippen LogP contribution in [-0.4, -0.2) is 30.5 Å². The van der Waals surface area contributed by atoms with Gasteiger partial charge in [0.1, 0.15) is 17.9 Å². The maximum absolute atomic E-state index is 13.9. The zero-order valence-corrected chi connectivity index (χ0v) is 15.2. The maximum Gasteiger partial charge on any atom is 0.293 e. The Morgan fingerprint density at radius 3 is 2.86 bits per heavy atom. The van der Waals surface area contributed by atoms with Crippen LogP contribution in [0.3, 0.4) is 0 Å². The summed E-state index contributed by atoms with van der Waals surface area (Å²) in [5.41, 5.74) is 0.293. The van der Waals surface area contributed by atoms with E-state index in [4.69, 9.17) is 16.0 Å². The molecule has 3 aromatic heterocycles. The Morgan fingerprint density at radius 2 is 2.07 bits per heavy atom. The number of amides is 1. The van der Waals surface area contributed by atoms with Gasteiger partial charge in [-0.25, -0.2) is 14.1 Å².